The van der Waals surface area contributed by atoms with Gasteiger partial charge in [-0.05, 0) is 68.5 Å². The Bertz CT molecular complexity index is 1880. The summed E-state index contributed by atoms with van der Waals surface area (Å²) in [4.78, 5) is 114. The first-order valence-electron chi connectivity index (χ1n) is 16.7. The van der Waals surface area contributed by atoms with Crippen molar-refractivity contribution in [3.05, 3.63) is 58.7 Å². The number of piperidine rings is 3. The summed E-state index contributed by atoms with van der Waals surface area (Å²) in [5.74, 6) is -3.93. The van der Waals surface area contributed by atoms with E-state index >= 15 is 0 Å². The first-order valence-corrected chi connectivity index (χ1v) is 16.7. The largest absolute Gasteiger partial charge is 0.372 e. The Labute approximate surface area is 285 Å². The van der Waals surface area contributed by atoms with Crippen LogP contribution in [-0.2, 0) is 24.0 Å². The van der Waals surface area contributed by atoms with E-state index in [1.165, 1.54) is 6.42 Å². The summed E-state index contributed by atoms with van der Waals surface area (Å²) in [5.41, 5.74) is 2.88. The van der Waals surface area contributed by atoms with Crippen LogP contribution in [0.25, 0.3) is 0 Å². The van der Waals surface area contributed by atoms with E-state index < -0.39 is 53.4 Å². The fourth-order valence-corrected chi connectivity index (χ4v) is 7.27. The Kier molecular flexibility index (Phi) is 8.49. The highest BCUT2D eigenvalue weighted by Crippen LogP contribution is 2.33. The van der Waals surface area contributed by atoms with Gasteiger partial charge in [-0.15, -0.1) is 0 Å². The zero-order valence-electron chi connectivity index (χ0n) is 27.0. The van der Waals surface area contributed by atoms with Gasteiger partial charge in [0.15, 0.2) is 0 Å². The Hall–Kier alpha value is -5.73. The van der Waals surface area contributed by atoms with Crippen molar-refractivity contribution in [1.29, 1.82) is 0 Å². The average molecular weight is 683 g/mol. The van der Waals surface area contributed by atoms with Crippen molar-refractivity contribution in [3.8, 4) is 0 Å². The number of rotatable bonds is 5. The number of aldehydes is 1. The van der Waals surface area contributed by atoms with Gasteiger partial charge in [-0.3, -0.25) is 58.8 Å². The molecule has 0 saturated carbocycles. The molecule has 6 aliphatic rings. The number of benzene rings is 2. The molecule has 50 heavy (non-hydrogen) atoms. The minimum Gasteiger partial charge on any atom is -0.372 e. The van der Waals surface area contributed by atoms with Gasteiger partial charge in [0.1, 0.15) is 18.4 Å². The third-order valence-electron chi connectivity index (χ3n) is 10.0. The molecule has 2 N–H and O–H groups in total. The van der Waals surface area contributed by atoms with Crippen LogP contribution in [0.1, 0.15) is 86.4 Å². The summed E-state index contributed by atoms with van der Waals surface area (Å²) >= 11 is 0. The minimum atomic E-state index is -0.961. The third kappa shape index (κ3) is 5.71. The summed E-state index contributed by atoms with van der Waals surface area (Å²) in [6, 6.07) is 8.36. The Morgan fingerprint density at radius 3 is 1.44 bits per heavy atom. The van der Waals surface area contributed by atoms with Gasteiger partial charge in [-0.2, -0.15) is 0 Å². The van der Waals surface area contributed by atoms with Crippen LogP contribution in [0, 0.1) is 5.92 Å². The quantitative estimate of drug-likeness (QED) is 0.335. The van der Waals surface area contributed by atoms with Crippen LogP contribution in [-0.4, -0.2) is 102 Å². The summed E-state index contributed by atoms with van der Waals surface area (Å²) < 4.78 is 0. The lowest BCUT2D eigenvalue weighted by Crippen LogP contribution is -2.54. The SMILES string of the molecule is O=C1CCC(N2C(=O)c3ccc(N4CCCCC4)cc3C2=O)C(=O)N1.O=CC1CN(c2ccc3c(c2)C(=O)N(C2CCC(=O)NC2=O)C3=O)C1. The first-order chi connectivity index (χ1) is 24.0. The molecule has 0 radical (unpaired) electrons. The monoisotopic (exact) mass is 682 g/mol. The zero-order valence-corrected chi connectivity index (χ0v) is 27.0. The van der Waals surface area contributed by atoms with Crippen molar-refractivity contribution in [2.24, 2.45) is 5.92 Å². The molecule has 0 aliphatic carbocycles. The van der Waals surface area contributed by atoms with E-state index in [0.29, 0.717) is 24.2 Å². The molecule has 4 fully saturated rings. The lowest BCUT2D eigenvalue weighted by Gasteiger charge is -2.38. The normalized spacial score (nSPS) is 23.6. The second-order valence-electron chi connectivity index (χ2n) is 13.2. The number of fused-ring (bicyclic) bond motifs is 2. The number of carbonyl (C=O) groups excluding carboxylic acids is 9. The fraction of sp³-hybridized carbons (Fsp3) is 0.400. The maximum Gasteiger partial charge on any atom is 0.262 e. The molecule has 4 saturated heterocycles. The van der Waals surface area contributed by atoms with Crippen LogP contribution < -0.4 is 20.4 Å². The molecular weight excluding hydrogens is 648 g/mol. The first kappa shape index (κ1) is 32.8. The molecule has 0 bridgehead atoms. The van der Waals surface area contributed by atoms with Crippen LogP contribution >= 0.6 is 0 Å². The molecular formula is C35H34N6O9. The lowest BCUT2D eigenvalue weighted by atomic mass is 9.99. The molecule has 2 aromatic rings. The Balaban J connectivity index is 0.000000157. The smallest absolute Gasteiger partial charge is 0.262 e. The standard InChI is InChI=1S/C18H19N3O4.C17H15N3O5/c22-15-7-6-14(16(23)19-15)21-17(24)12-5-4-11(10-13(12)18(21)25)20-8-2-1-3-9-20;21-8-9-6-19(7-9)10-1-2-11-12(5-10)17(25)20(16(11)24)13-3-4-14(22)18-15(13)23/h4-5,10,14H,1-3,6-9H2,(H,19,22,23);1-2,5,8-9,13H,3-4,6-7H2,(H,18,22,23). The van der Waals surface area contributed by atoms with Gasteiger partial charge < -0.3 is 14.6 Å². The lowest BCUT2D eigenvalue weighted by molar-refractivity contribution is -0.137. The number of nitrogens with one attached hydrogen (secondary N) is 2. The van der Waals surface area contributed by atoms with Gasteiger partial charge in [0.05, 0.1) is 22.3 Å². The summed E-state index contributed by atoms with van der Waals surface area (Å²) in [6.07, 6.45) is 4.88. The number of anilines is 2. The molecule has 15 nitrogen and oxygen atoms in total. The van der Waals surface area contributed by atoms with Gasteiger partial charge in [-0.1, -0.05) is 0 Å². The predicted molar refractivity (Wildman–Crippen MR) is 174 cm³/mol. The molecule has 8 rings (SSSR count). The molecule has 258 valence electrons. The van der Waals surface area contributed by atoms with Crippen molar-refractivity contribution in [2.75, 3.05) is 36.0 Å². The number of amides is 8. The van der Waals surface area contributed by atoms with Crippen LogP contribution in [0.3, 0.4) is 0 Å². The molecule has 8 amide bonds. The summed E-state index contributed by atoms with van der Waals surface area (Å²) in [6.45, 7) is 3.05. The van der Waals surface area contributed by atoms with E-state index in [2.05, 4.69) is 15.5 Å². The molecule has 2 atom stereocenters. The average Bonchev–Trinajstić information content (AvgIpc) is 3.48. The topological polar surface area (TPSA) is 191 Å². The van der Waals surface area contributed by atoms with E-state index in [4.69, 9.17) is 0 Å². The highest BCUT2D eigenvalue weighted by Gasteiger charge is 2.46. The van der Waals surface area contributed by atoms with Crippen LogP contribution in [0.5, 0.6) is 0 Å². The molecule has 0 aromatic heterocycles. The van der Waals surface area contributed by atoms with Crippen molar-refractivity contribution in [1.82, 2.24) is 20.4 Å². The maximum atomic E-state index is 12.8. The number of hydrogen-bond donors (Lipinski definition) is 2. The highest BCUT2D eigenvalue weighted by molar-refractivity contribution is 6.24. The van der Waals surface area contributed by atoms with Gasteiger partial charge in [0.2, 0.25) is 23.6 Å². The molecule has 2 unspecified atom stereocenters. The molecule has 2 aromatic carbocycles. The van der Waals surface area contributed by atoms with E-state index in [0.717, 1.165) is 53.4 Å². The van der Waals surface area contributed by atoms with Crippen molar-refractivity contribution in [2.45, 2.75) is 57.0 Å². The van der Waals surface area contributed by atoms with Crippen molar-refractivity contribution >= 4 is 64.9 Å². The fourth-order valence-electron chi connectivity index (χ4n) is 7.27. The van der Waals surface area contributed by atoms with Crippen LogP contribution in [0.15, 0.2) is 36.4 Å². The van der Waals surface area contributed by atoms with Gasteiger partial charge in [-0.25, -0.2) is 0 Å². The zero-order chi connectivity index (χ0) is 35.3. The summed E-state index contributed by atoms with van der Waals surface area (Å²) in [7, 11) is 0. The minimum absolute atomic E-state index is 0.00874. The molecule has 6 aliphatic heterocycles. The van der Waals surface area contributed by atoms with Crippen LogP contribution in [0.2, 0.25) is 0 Å². The summed E-state index contributed by atoms with van der Waals surface area (Å²) in [5, 5.41) is 4.37. The van der Waals surface area contributed by atoms with Crippen molar-refractivity contribution < 1.29 is 43.2 Å². The highest BCUT2D eigenvalue weighted by atomic mass is 16.2. The maximum absolute atomic E-state index is 12.8. The van der Waals surface area contributed by atoms with E-state index in [1.54, 1.807) is 30.3 Å². The molecule has 0 spiro atoms. The van der Waals surface area contributed by atoms with Gasteiger partial charge in [0.25, 0.3) is 23.6 Å². The van der Waals surface area contributed by atoms with E-state index in [1.807, 2.05) is 11.0 Å². The third-order valence-corrected chi connectivity index (χ3v) is 10.0. The number of imide groups is 4. The second kappa shape index (κ2) is 12.9. The second-order valence-corrected chi connectivity index (χ2v) is 13.2. The van der Waals surface area contributed by atoms with Crippen LogP contribution in [0.4, 0.5) is 11.4 Å². The number of hydrogen-bond acceptors (Lipinski definition) is 11. The molecule has 6 heterocycles. The van der Waals surface area contributed by atoms with Crippen molar-refractivity contribution in [3.63, 3.8) is 0 Å². The Morgan fingerprint density at radius 2 is 1.00 bits per heavy atom. The Morgan fingerprint density at radius 1 is 0.560 bits per heavy atom. The predicted octanol–water partition coefficient (Wildman–Crippen LogP) is 0.801. The van der Waals surface area contributed by atoms with Gasteiger partial charge in [0, 0.05) is 56.3 Å². The molecule has 15 heteroatoms. The number of nitrogens with zero attached hydrogens (tertiary/aromatic N) is 4. The number of carbonyl (C=O) groups is 9. The van der Waals surface area contributed by atoms with Gasteiger partial charge >= 0.3 is 0 Å². The van der Waals surface area contributed by atoms with E-state index in [9.17, 15) is 43.2 Å². The van der Waals surface area contributed by atoms with E-state index in [-0.39, 0.29) is 48.6 Å².